The summed E-state index contributed by atoms with van der Waals surface area (Å²) in [6, 6.07) is 21.4. The molecule has 2 aromatic carbocycles. The van der Waals surface area contributed by atoms with Gasteiger partial charge in [-0.1, -0.05) is 60.7 Å². The van der Waals surface area contributed by atoms with E-state index in [1.165, 1.54) is 17.5 Å². The van der Waals surface area contributed by atoms with Crippen molar-refractivity contribution in [3.63, 3.8) is 0 Å². The van der Waals surface area contributed by atoms with Gasteiger partial charge in [-0.25, -0.2) is 0 Å². The number of benzene rings is 2. The zero-order chi connectivity index (χ0) is 16.6. The predicted molar refractivity (Wildman–Crippen MR) is 105 cm³/mol. The number of amides is 1. The molecule has 0 spiro atoms. The van der Waals surface area contributed by atoms with Crippen LogP contribution in [0.2, 0.25) is 0 Å². The fourth-order valence-electron chi connectivity index (χ4n) is 3.48. The molecule has 1 heterocycles. The van der Waals surface area contributed by atoms with Crippen LogP contribution in [0, 0.1) is 0 Å². The number of hydrogen-bond donors (Lipinski definition) is 2. The number of nitrogens with one attached hydrogen (secondary N) is 2. The Morgan fingerprint density at radius 1 is 1.04 bits per heavy atom. The molecule has 1 atom stereocenters. The van der Waals surface area contributed by atoms with E-state index >= 15 is 0 Å². The highest BCUT2D eigenvalue weighted by atomic mass is 35.5. The average Bonchev–Trinajstić information content (AvgIpc) is 3.13. The van der Waals surface area contributed by atoms with Crippen molar-refractivity contribution in [3.8, 4) is 0 Å². The van der Waals surface area contributed by atoms with Gasteiger partial charge in [0.25, 0.3) is 0 Å². The number of rotatable bonds is 7. The topological polar surface area (TPSA) is 41.1 Å². The standard InChI is InChI=1S/C21H26N2O.ClH/c24-21(16-19-12-7-14-22-19)23-15-13-20(17-8-3-1-4-9-17)18-10-5-2-6-11-18;/h1-6,8-11,19-20,22H,7,12-16H2,(H,23,24);1H. The second kappa shape index (κ2) is 10.2. The number of carbonyl (C=O) groups excluding carboxylic acids is 1. The largest absolute Gasteiger partial charge is 0.356 e. The molecule has 1 unspecified atom stereocenters. The van der Waals surface area contributed by atoms with Gasteiger partial charge < -0.3 is 10.6 Å². The zero-order valence-electron chi connectivity index (χ0n) is 14.5. The van der Waals surface area contributed by atoms with E-state index in [0.29, 0.717) is 24.9 Å². The van der Waals surface area contributed by atoms with Crippen molar-refractivity contribution in [1.82, 2.24) is 10.6 Å². The van der Waals surface area contributed by atoms with Crippen molar-refractivity contribution in [3.05, 3.63) is 71.8 Å². The Kier molecular flexibility index (Phi) is 7.96. The Balaban J connectivity index is 0.00000225. The summed E-state index contributed by atoms with van der Waals surface area (Å²) in [6.07, 6.45) is 3.81. The molecule has 0 saturated carbocycles. The van der Waals surface area contributed by atoms with Gasteiger partial charge in [0.1, 0.15) is 0 Å². The minimum atomic E-state index is 0. The highest BCUT2D eigenvalue weighted by molar-refractivity contribution is 5.85. The van der Waals surface area contributed by atoms with Gasteiger partial charge in [0.15, 0.2) is 0 Å². The molecule has 4 heteroatoms. The van der Waals surface area contributed by atoms with Crippen LogP contribution in [0.15, 0.2) is 60.7 Å². The molecule has 134 valence electrons. The third kappa shape index (κ3) is 5.87. The van der Waals surface area contributed by atoms with Crippen LogP contribution in [0.5, 0.6) is 0 Å². The Bertz CT molecular complexity index is 587. The van der Waals surface area contributed by atoms with Crippen LogP contribution < -0.4 is 10.6 Å². The third-order valence-electron chi connectivity index (χ3n) is 4.75. The van der Waals surface area contributed by atoms with E-state index in [4.69, 9.17) is 0 Å². The number of hydrogen-bond acceptors (Lipinski definition) is 2. The van der Waals surface area contributed by atoms with Crippen LogP contribution in [0.3, 0.4) is 0 Å². The van der Waals surface area contributed by atoms with Crippen molar-refractivity contribution in [1.29, 1.82) is 0 Å². The van der Waals surface area contributed by atoms with E-state index in [1.807, 2.05) is 12.1 Å². The first-order valence-electron chi connectivity index (χ1n) is 8.93. The Morgan fingerprint density at radius 3 is 2.16 bits per heavy atom. The smallest absolute Gasteiger partial charge is 0.221 e. The van der Waals surface area contributed by atoms with Crippen LogP contribution in [-0.2, 0) is 4.79 Å². The molecule has 1 saturated heterocycles. The molecule has 3 nitrogen and oxygen atoms in total. The van der Waals surface area contributed by atoms with Crippen molar-refractivity contribution in [2.45, 2.75) is 37.6 Å². The Hall–Kier alpha value is -1.84. The SMILES string of the molecule is Cl.O=C(CC1CCCN1)NCCC(c1ccccc1)c1ccccc1. The quantitative estimate of drug-likeness (QED) is 0.788. The molecule has 3 rings (SSSR count). The summed E-state index contributed by atoms with van der Waals surface area (Å²) in [4.78, 5) is 12.1. The van der Waals surface area contributed by atoms with E-state index in [2.05, 4.69) is 59.2 Å². The summed E-state index contributed by atoms with van der Waals surface area (Å²) < 4.78 is 0. The molecule has 1 aliphatic rings. The first-order chi connectivity index (χ1) is 11.8. The van der Waals surface area contributed by atoms with Crippen LogP contribution in [-0.4, -0.2) is 25.0 Å². The van der Waals surface area contributed by atoms with E-state index in [-0.39, 0.29) is 18.3 Å². The number of halogens is 1. The first kappa shape index (κ1) is 19.5. The summed E-state index contributed by atoms with van der Waals surface area (Å²) in [7, 11) is 0. The third-order valence-corrected chi connectivity index (χ3v) is 4.75. The fourth-order valence-corrected chi connectivity index (χ4v) is 3.48. The molecule has 0 radical (unpaired) electrons. The van der Waals surface area contributed by atoms with Gasteiger partial charge in [-0.2, -0.15) is 0 Å². The maximum Gasteiger partial charge on any atom is 0.221 e. The zero-order valence-corrected chi connectivity index (χ0v) is 15.3. The predicted octanol–water partition coefficient (Wildman–Crippen LogP) is 3.89. The lowest BCUT2D eigenvalue weighted by Crippen LogP contribution is -2.32. The Labute approximate surface area is 156 Å². The first-order valence-corrected chi connectivity index (χ1v) is 8.93. The van der Waals surface area contributed by atoms with Crippen molar-refractivity contribution < 1.29 is 4.79 Å². The summed E-state index contributed by atoms with van der Waals surface area (Å²) in [5.41, 5.74) is 2.60. The van der Waals surface area contributed by atoms with Gasteiger partial charge in [0.2, 0.25) is 5.91 Å². The van der Waals surface area contributed by atoms with Gasteiger partial charge in [-0.3, -0.25) is 4.79 Å². The molecule has 25 heavy (non-hydrogen) atoms. The van der Waals surface area contributed by atoms with Crippen LogP contribution in [0.25, 0.3) is 0 Å². The second-order valence-corrected chi connectivity index (χ2v) is 6.51. The molecular weight excluding hydrogens is 332 g/mol. The van der Waals surface area contributed by atoms with Crippen molar-refractivity contribution in [2.75, 3.05) is 13.1 Å². The molecule has 1 aliphatic heterocycles. The highest BCUT2D eigenvalue weighted by Gasteiger charge is 2.18. The van der Waals surface area contributed by atoms with Gasteiger partial charge in [-0.15, -0.1) is 12.4 Å². The summed E-state index contributed by atoms with van der Waals surface area (Å²) >= 11 is 0. The average molecular weight is 359 g/mol. The molecule has 2 aromatic rings. The van der Waals surface area contributed by atoms with Crippen molar-refractivity contribution in [2.24, 2.45) is 0 Å². The summed E-state index contributed by atoms with van der Waals surface area (Å²) in [6.45, 7) is 1.75. The van der Waals surface area contributed by atoms with Gasteiger partial charge in [0, 0.05) is 24.9 Å². The lowest BCUT2D eigenvalue weighted by atomic mass is 9.88. The van der Waals surface area contributed by atoms with Gasteiger partial charge in [0.05, 0.1) is 0 Å². The fraction of sp³-hybridized carbons (Fsp3) is 0.381. The van der Waals surface area contributed by atoms with Crippen LogP contribution >= 0.6 is 12.4 Å². The van der Waals surface area contributed by atoms with E-state index in [9.17, 15) is 4.79 Å². The van der Waals surface area contributed by atoms with Gasteiger partial charge in [-0.05, 0) is 36.9 Å². The normalized spacial score (nSPS) is 16.4. The summed E-state index contributed by atoms with van der Waals surface area (Å²) in [5, 5.41) is 6.48. The minimum absolute atomic E-state index is 0. The molecule has 1 amide bonds. The maximum absolute atomic E-state index is 12.1. The molecule has 0 bridgehead atoms. The lowest BCUT2D eigenvalue weighted by Gasteiger charge is -2.19. The lowest BCUT2D eigenvalue weighted by molar-refractivity contribution is -0.121. The molecular formula is C21H27ClN2O. The van der Waals surface area contributed by atoms with Crippen molar-refractivity contribution >= 4 is 18.3 Å². The van der Waals surface area contributed by atoms with E-state index in [0.717, 1.165) is 19.4 Å². The molecule has 2 N–H and O–H groups in total. The molecule has 0 aliphatic carbocycles. The second-order valence-electron chi connectivity index (χ2n) is 6.51. The minimum Gasteiger partial charge on any atom is -0.356 e. The highest BCUT2D eigenvalue weighted by Crippen LogP contribution is 2.27. The maximum atomic E-state index is 12.1. The van der Waals surface area contributed by atoms with Crippen LogP contribution in [0.4, 0.5) is 0 Å². The molecule has 1 fully saturated rings. The van der Waals surface area contributed by atoms with Gasteiger partial charge >= 0.3 is 0 Å². The number of carbonyl (C=O) groups is 1. The van der Waals surface area contributed by atoms with Crippen LogP contribution in [0.1, 0.15) is 42.7 Å². The summed E-state index contributed by atoms with van der Waals surface area (Å²) in [5.74, 6) is 0.478. The molecule has 0 aromatic heterocycles. The Morgan fingerprint density at radius 2 is 1.64 bits per heavy atom. The monoisotopic (exact) mass is 358 g/mol. The van der Waals surface area contributed by atoms with E-state index in [1.54, 1.807) is 0 Å². The van der Waals surface area contributed by atoms with E-state index < -0.39 is 0 Å².